The first-order chi connectivity index (χ1) is 13.0. The van der Waals surface area contributed by atoms with Crippen LogP contribution >= 0.6 is 0 Å². The van der Waals surface area contributed by atoms with Crippen LogP contribution in [0.5, 0.6) is 0 Å². The van der Waals surface area contributed by atoms with Gasteiger partial charge in [-0.15, -0.1) is 0 Å². The second kappa shape index (κ2) is 9.35. The molecule has 2 rings (SSSR count). The Morgan fingerprint density at radius 3 is 1.36 bits per heavy atom. The molecule has 0 aliphatic rings. The summed E-state index contributed by atoms with van der Waals surface area (Å²) in [6.07, 6.45) is 1.18. The number of fused-ring (bicyclic) bond motifs is 1. The first kappa shape index (κ1) is 22.8. The van der Waals surface area contributed by atoms with Crippen LogP contribution in [-0.4, -0.2) is 40.4 Å². The van der Waals surface area contributed by atoms with Crippen molar-refractivity contribution in [2.75, 3.05) is 13.1 Å². The van der Waals surface area contributed by atoms with Crippen LogP contribution in [0.25, 0.3) is 10.8 Å². The van der Waals surface area contributed by atoms with Gasteiger partial charge in [0, 0.05) is 13.1 Å². The first-order valence-electron chi connectivity index (χ1n) is 9.51. The summed E-state index contributed by atoms with van der Waals surface area (Å²) in [5, 5.41) is 1.22. The normalized spacial score (nSPS) is 12.9. The molecule has 0 unspecified atom stereocenters. The Morgan fingerprint density at radius 2 is 1.04 bits per heavy atom. The van der Waals surface area contributed by atoms with Crippen LogP contribution in [0.15, 0.2) is 36.4 Å². The Bertz CT molecular complexity index is 931. The Hall–Kier alpha value is -1.48. The maximum absolute atomic E-state index is 11.9. The van der Waals surface area contributed by atoms with E-state index in [0.29, 0.717) is 25.9 Å². The van der Waals surface area contributed by atoms with Gasteiger partial charge in [-0.2, -0.15) is 0 Å². The van der Waals surface area contributed by atoms with E-state index in [1.54, 1.807) is 27.7 Å². The number of rotatable bonds is 10. The average Bonchev–Trinajstić information content (AvgIpc) is 2.62. The predicted molar refractivity (Wildman–Crippen MR) is 115 cm³/mol. The van der Waals surface area contributed by atoms with Crippen molar-refractivity contribution in [3.05, 3.63) is 47.5 Å². The van der Waals surface area contributed by atoms with Crippen molar-refractivity contribution in [2.24, 2.45) is 0 Å². The zero-order valence-corrected chi connectivity index (χ0v) is 18.5. The van der Waals surface area contributed by atoms with Crippen LogP contribution in [0.4, 0.5) is 0 Å². The predicted octanol–water partition coefficient (Wildman–Crippen LogP) is 2.58. The number of sulfonamides is 2. The monoisotopic (exact) mass is 426 g/mol. The molecule has 0 aliphatic carbocycles. The molecule has 0 saturated carbocycles. The van der Waals surface area contributed by atoms with E-state index < -0.39 is 30.5 Å². The highest BCUT2D eigenvalue weighted by molar-refractivity contribution is 7.90. The quantitative estimate of drug-likeness (QED) is 0.611. The van der Waals surface area contributed by atoms with Gasteiger partial charge in [-0.3, -0.25) is 0 Å². The number of nitrogens with one attached hydrogen (secondary N) is 2. The summed E-state index contributed by atoms with van der Waals surface area (Å²) < 4.78 is 53.0. The third-order valence-corrected chi connectivity index (χ3v) is 8.44. The van der Waals surface area contributed by atoms with Crippen molar-refractivity contribution < 1.29 is 16.8 Å². The zero-order valence-electron chi connectivity index (χ0n) is 16.9. The zero-order chi connectivity index (χ0) is 20.9. The topological polar surface area (TPSA) is 92.3 Å². The molecule has 0 saturated heterocycles. The maximum Gasteiger partial charge on any atom is 0.213 e. The summed E-state index contributed by atoms with van der Waals surface area (Å²) in [4.78, 5) is 0. The highest BCUT2D eigenvalue weighted by Crippen LogP contribution is 2.23. The summed E-state index contributed by atoms with van der Waals surface area (Å²) in [5.41, 5.74) is 2.13. The third kappa shape index (κ3) is 5.76. The minimum Gasteiger partial charge on any atom is -0.215 e. The molecule has 0 bridgehead atoms. The summed E-state index contributed by atoms with van der Waals surface area (Å²) in [6.45, 7) is 7.30. The molecule has 2 N–H and O–H groups in total. The molecule has 0 aromatic heterocycles. The van der Waals surface area contributed by atoms with Crippen LogP contribution in [0.1, 0.15) is 38.8 Å². The first-order valence-corrected chi connectivity index (χ1v) is 12.6. The van der Waals surface area contributed by atoms with Gasteiger partial charge in [0.15, 0.2) is 0 Å². The van der Waals surface area contributed by atoms with E-state index >= 15 is 0 Å². The van der Waals surface area contributed by atoms with Gasteiger partial charge in [0.2, 0.25) is 20.0 Å². The van der Waals surface area contributed by atoms with Crippen molar-refractivity contribution in [2.45, 2.75) is 51.0 Å². The van der Waals surface area contributed by atoms with E-state index in [4.69, 9.17) is 0 Å². The average molecular weight is 427 g/mol. The van der Waals surface area contributed by atoms with E-state index in [1.165, 1.54) is 0 Å². The van der Waals surface area contributed by atoms with Gasteiger partial charge >= 0.3 is 0 Å². The molecule has 2 aromatic rings. The van der Waals surface area contributed by atoms with Crippen LogP contribution in [-0.2, 0) is 32.9 Å². The standard InChI is InChI=1S/C20H30N2O4S2/c1-15(2)27(23,24)21-13-11-17-9-10-18(20-8-6-5-7-19(17)20)12-14-22-28(25,26)16(3)4/h5-10,15-16,21-22H,11-14H2,1-4H3. The van der Waals surface area contributed by atoms with E-state index in [-0.39, 0.29) is 0 Å². The minimum absolute atomic E-state index is 0.345. The number of benzene rings is 2. The molecule has 2 aromatic carbocycles. The molecule has 28 heavy (non-hydrogen) atoms. The molecule has 0 fully saturated rings. The molecule has 8 heteroatoms. The van der Waals surface area contributed by atoms with E-state index in [0.717, 1.165) is 21.9 Å². The smallest absolute Gasteiger partial charge is 0.213 e. The SMILES string of the molecule is CC(C)S(=O)(=O)NCCc1ccc(CCNS(=O)(=O)C(C)C)c2ccccc12. The van der Waals surface area contributed by atoms with Gasteiger partial charge < -0.3 is 0 Å². The maximum atomic E-state index is 11.9. The molecular formula is C20H30N2O4S2. The number of hydrogen-bond acceptors (Lipinski definition) is 4. The highest BCUT2D eigenvalue weighted by atomic mass is 32.2. The second-order valence-corrected chi connectivity index (χ2v) is 12.0. The molecule has 0 spiro atoms. The number of hydrogen-bond donors (Lipinski definition) is 2. The molecule has 0 atom stereocenters. The third-order valence-electron chi connectivity index (χ3n) is 4.74. The lowest BCUT2D eigenvalue weighted by Crippen LogP contribution is -2.32. The van der Waals surface area contributed by atoms with E-state index in [2.05, 4.69) is 9.44 Å². The highest BCUT2D eigenvalue weighted by Gasteiger charge is 2.16. The molecule has 156 valence electrons. The lowest BCUT2D eigenvalue weighted by atomic mass is 9.96. The fourth-order valence-corrected chi connectivity index (χ4v) is 4.29. The summed E-state index contributed by atoms with van der Waals surface area (Å²) in [5.74, 6) is 0. The van der Waals surface area contributed by atoms with Crippen molar-refractivity contribution in [3.8, 4) is 0 Å². The molecule has 6 nitrogen and oxygen atoms in total. The Kier molecular flexibility index (Phi) is 7.61. The summed E-state index contributed by atoms with van der Waals surface area (Å²) >= 11 is 0. The fraction of sp³-hybridized carbons (Fsp3) is 0.500. The van der Waals surface area contributed by atoms with E-state index in [1.807, 2.05) is 36.4 Å². The van der Waals surface area contributed by atoms with Crippen molar-refractivity contribution in [3.63, 3.8) is 0 Å². The van der Waals surface area contributed by atoms with Gasteiger partial charge in [0.25, 0.3) is 0 Å². The van der Waals surface area contributed by atoms with Crippen molar-refractivity contribution in [1.82, 2.24) is 9.44 Å². The van der Waals surface area contributed by atoms with E-state index in [9.17, 15) is 16.8 Å². The summed E-state index contributed by atoms with van der Waals surface area (Å²) in [6, 6.07) is 11.9. The van der Waals surface area contributed by atoms with Crippen LogP contribution in [0.3, 0.4) is 0 Å². The second-order valence-electron chi connectivity index (χ2n) is 7.41. The fourth-order valence-electron chi connectivity index (χ4n) is 2.85. The Morgan fingerprint density at radius 1 is 0.679 bits per heavy atom. The lowest BCUT2D eigenvalue weighted by Gasteiger charge is -2.14. The van der Waals surface area contributed by atoms with Gasteiger partial charge in [-0.1, -0.05) is 36.4 Å². The van der Waals surface area contributed by atoms with Gasteiger partial charge in [-0.25, -0.2) is 26.3 Å². The Balaban J connectivity index is 2.14. The van der Waals surface area contributed by atoms with Gasteiger partial charge in [0.05, 0.1) is 10.5 Å². The summed E-state index contributed by atoms with van der Waals surface area (Å²) in [7, 11) is -6.56. The van der Waals surface area contributed by atoms with Gasteiger partial charge in [-0.05, 0) is 62.4 Å². The largest absolute Gasteiger partial charge is 0.215 e. The van der Waals surface area contributed by atoms with Gasteiger partial charge in [0.1, 0.15) is 0 Å². The Labute approximate surface area is 168 Å². The van der Waals surface area contributed by atoms with Crippen LogP contribution < -0.4 is 9.44 Å². The minimum atomic E-state index is -3.28. The molecule has 0 radical (unpaired) electrons. The lowest BCUT2D eigenvalue weighted by molar-refractivity contribution is 0.571. The van der Waals surface area contributed by atoms with Crippen LogP contribution in [0, 0.1) is 0 Å². The van der Waals surface area contributed by atoms with Crippen molar-refractivity contribution in [1.29, 1.82) is 0 Å². The molecule has 0 heterocycles. The molecular weight excluding hydrogens is 396 g/mol. The molecule has 0 aliphatic heterocycles. The van der Waals surface area contributed by atoms with Crippen LogP contribution in [0.2, 0.25) is 0 Å². The molecule has 0 amide bonds. The van der Waals surface area contributed by atoms with Crippen molar-refractivity contribution >= 4 is 30.8 Å².